The maximum Gasteiger partial charge on any atom is 0.124 e. The Labute approximate surface area is 132 Å². The van der Waals surface area contributed by atoms with Crippen LogP contribution in [0.1, 0.15) is 26.3 Å². The zero-order chi connectivity index (χ0) is 15.7. The van der Waals surface area contributed by atoms with Crippen LogP contribution < -0.4 is 10.1 Å². The van der Waals surface area contributed by atoms with Crippen molar-refractivity contribution in [3.63, 3.8) is 0 Å². The summed E-state index contributed by atoms with van der Waals surface area (Å²) < 4.78 is 10.8. The van der Waals surface area contributed by atoms with Crippen molar-refractivity contribution in [3.8, 4) is 5.75 Å². The first-order valence-corrected chi connectivity index (χ1v) is 7.78. The van der Waals surface area contributed by atoms with Crippen LogP contribution in [0.3, 0.4) is 0 Å². The lowest BCUT2D eigenvalue weighted by Crippen LogP contribution is -2.24. The van der Waals surface area contributed by atoms with Gasteiger partial charge in [-0.2, -0.15) is 0 Å². The van der Waals surface area contributed by atoms with Crippen molar-refractivity contribution in [1.82, 2.24) is 5.32 Å². The number of ether oxygens (including phenoxy) is 2. The second-order valence-corrected chi connectivity index (χ2v) is 5.84. The van der Waals surface area contributed by atoms with E-state index in [1.807, 2.05) is 19.1 Å². The van der Waals surface area contributed by atoms with Crippen molar-refractivity contribution in [3.05, 3.63) is 28.8 Å². The van der Waals surface area contributed by atoms with Crippen LogP contribution in [-0.2, 0) is 11.3 Å². The first-order valence-electron chi connectivity index (χ1n) is 7.40. The van der Waals surface area contributed by atoms with Crippen LogP contribution in [0.5, 0.6) is 5.75 Å². The van der Waals surface area contributed by atoms with Crippen molar-refractivity contribution < 1.29 is 14.6 Å². The van der Waals surface area contributed by atoms with E-state index in [1.165, 1.54) is 0 Å². The van der Waals surface area contributed by atoms with E-state index in [1.54, 1.807) is 6.07 Å². The summed E-state index contributed by atoms with van der Waals surface area (Å²) in [6, 6.07) is 5.51. The second kappa shape index (κ2) is 10.0. The Balaban J connectivity index is 2.55. The third-order valence-electron chi connectivity index (χ3n) is 2.84. The first-order chi connectivity index (χ1) is 10.0. The molecule has 0 aromatic heterocycles. The summed E-state index contributed by atoms with van der Waals surface area (Å²) in [5, 5.41) is 13.8. The van der Waals surface area contributed by atoms with Gasteiger partial charge in [0.1, 0.15) is 18.5 Å². The summed E-state index contributed by atoms with van der Waals surface area (Å²) in [6.07, 6.45) is -0.628. The van der Waals surface area contributed by atoms with Crippen LogP contribution >= 0.6 is 11.6 Å². The van der Waals surface area contributed by atoms with Crippen molar-refractivity contribution in [1.29, 1.82) is 0 Å². The van der Waals surface area contributed by atoms with Gasteiger partial charge in [0.05, 0.1) is 6.61 Å². The average molecular weight is 316 g/mol. The monoisotopic (exact) mass is 315 g/mol. The summed E-state index contributed by atoms with van der Waals surface area (Å²) in [4.78, 5) is 0. The molecule has 5 heteroatoms. The van der Waals surface area contributed by atoms with Gasteiger partial charge >= 0.3 is 0 Å². The molecule has 0 saturated carbocycles. The fourth-order valence-electron chi connectivity index (χ4n) is 1.81. The molecular weight excluding hydrogens is 290 g/mol. The van der Waals surface area contributed by atoms with E-state index in [9.17, 15) is 5.11 Å². The van der Waals surface area contributed by atoms with Gasteiger partial charge in [0.25, 0.3) is 0 Å². The van der Waals surface area contributed by atoms with E-state index in [0.29, 0.717) is 24.1 Å². The predicted octanol–water partition coefficient (Wildman–Crippen LogP) is 2.86. The van der Waals surface area contributed by atoms with Crippen molar-refractivity contribution in [2.24, 2.45) is 5.92 Å². The summed E-state index contributed by atoms with van der Waals surface area (Å²) in [7, 11) is 0. The Kier molecular flexibility index (Phi) is 8.69. The summed E-state index contributed by atoms with van der Waals surface area (Å²) >= 11 is 6.04. The van der Waals surface area contributed by atoms with Gasteiger partial charge in [0.2, 0.25) is 0 Å². The Hall–Kier alpha value is -0.810. The van der Waals surface area contributed by atoms with Gasteiger partial charge < -0.3 is 19.9 Å². The highest BCUT2D eigenvalue weighted by atomic mass is 35.5. The predicted molar refractivity (Wildman–Crippen MR) is 86.0 cm³/mol. The highest BCUT2D eigenvalue weighted by Crippen LogP contribution is 2.23. The largest absolute Gasteiger partial charge is 0.490 e. The quantitative estimate of drug-likeness (QED) is 0.697. The van der Waals surface area contributed by atoms with Crippen LogP contribution in [0.2, 0.25) is 5.02 Å². The lowest BCUT2D eigenvalue weighted by atomic mass is 10.1. The molecular formula is C16H26ClNO3. The number of hydrogen-bond donors (Lipinski definition) is 2. The molecule has 0 aliphatic heterocycles. The van der Waals surface area contributed by atoms with Gasteiger partial charge in [0.15, 0.2) is 0 Å². The molecule has 1 atom stereocenters. The standard InChI is InChI=1S/C16H26ClNO3/c1-4-20-10-15(19)11-21-16-6-5-14(17)7-13(16)9-18-8-12(2)3/h5-7,12,15,18-19H,4,8-11H2,1-3H3. The minimum absolute atomic E-state index is 0.207. The molecule has 0 aliphatic rings. The van der Waals surface area contributed by atoms with Crippen molar-refractivity contribution >= 4 is 11.6 Å². The third kappa shape index (κ3) is 7.67. The SMILES string of the molecule is CCOCC(O)COc1ccc(Cl)cc1CNCC(C)C. The van der Waals surface area contributed by atoms with Gasteiger partial charge in [0, 0.05) is 23.7 Å². The van der Waals surface area contributed by atoms with E-state index in [2.05, 4.69) is 19.2 Å². The Bertz CT molecular complexity index is 413. The number of halogens is 1. The molecule has 120 valence electrons. The fraction of sp³-hybridized carbons (Fsp3) is 0.625. The highest BCUT2D eigenvalue weighted by Gasteiger charge is 2.09. The van der Waals surface area contributed by atoms with Gasteiger partial charge in [-0.3, -0.25) is 0 Å². The number of aliphatic hydroxyl groups is 1. The Morgan fingerprint density at radius 2 is 2.05 bits per heavy atom. The Morgan fingerprint density at radius 1 is 1.29 bits per heavy atom. The van der Waals surface area contributed by atoms with Gasteiger partial charge in [-0.25, -0.2) is 0 Å². The zero-order valence-corrected chi connectivity index (χ0v) is 13.8. The molecule has 1 aromatic rings. The molecule has 2 N–H and O–H groups in total. The van der Waals surface area contributed by atoms with E-state index in [-0.39, 0.29) is 13.2 Å². The number of aliphatic hydroxyl groups excluding tert-OH is 1. The molecule has 0 amide bonds. The molecule has 0 aliphatic carbocycles. The molecule has 1 aromatic carbocycles. The molecule has 0 spiro atoms. The summed E-state index contributed by atoms with van der Waals surface area (Å²) in [6.45, 7) is 8.91. The molecule has 0 heterocycles. The van der Waals surface area contributed by atoms with Gasteiger partial charge in [-0.05, 0) is 37.6 Å². The van der Waals surface area contributed by atoms with Gasteiger partial charge in [-0.1, -0.05) is 25.4 Å². The average Bonchev–Trinajstić information content (AvgIpc) is 2.43. The van der Waals surface area contributed by atoms with Gasteiger partial charge in [-0.15, -0.1) is 0 Å². The third-order valence-corrected chi connectivity index (χ3v) is 3.07. The first kappa shape index (κ1) is 18.2. The van der Waals surface area contributed by atoms with Crippen LogP contribution in [0, 0.1) is 5.92 Å². The number of rotatable bonds is 10. The molecule has 0 radical (unpaired) electrons. The number of benzene rings is 1. The van der Waals surface area contributed by atoms with Crippen molar-refractivity contribution in [2.75, 3.05) is 26.4 Å². The highest BCUT2D eigenvalue weighted by molar-refractivity contribution is 6.30. The summed E-state index contributed by atoms with van der Waals surface area (Å²) in [5.41, 5.74) is 0.992. The second-order valence-electron chi connectivity index (χ2n) is 5.40. The maximum absolute atomic E-state index is 9.74. The van der Waals surface area contributed by atoms with E-state index >= 15 is 0 Å². The smallest absolute Gasteiger partial charge is 0.124 e. The van der Waals surface area contributed by atoms with Crippen LogP contribution in [-0.4, -0.2) is 37.6 Å². The molecule has 0 fully saturated rings. The molecule has 0 bridgehead atoms. The van der Waals surface area contributed by atoms with E-state index in [4.69, 9.17) is 21.1 Å². The maximum atomic E-state index is 9.74. The molecule has 1 unspecified atom stereocenters. The van der Waals surface area contributed by atoms with E-state index in [0.717, 1.165) is 17.9 Å². The lowest BCUT2D eigenvalue weighted by Gasteiger charge is -2.16. The number of hydrogen-bond acceptors (Lipinski definition) is 4. The zero-order valence-electron chi connectivity index (χ0n) is 13.1. The Morgan fingerprint density at radius 3 is 2.71 bits per heavy atom. The molecule has 21 heavy (non-hydrogen) atoms. The normalized spacial score (nSPS) is 12.7. The van der Waals surface area contributed by atoms with Crippen LogP contribution in [0.4, 0.5) is 0 Å². The fourth-order valence-corrected chi connectivity index (χ4v) is 2.01. The topological polar surface area (TPSA) is 50.7 Å². The molecule has 0 saturated heterocycles. The molecule has 1 rings (SSSR count). The van der Waals surface area contributed by atoms with E-state index < -0.39 is 6.10 Å². The molecule has 4 nitrogen and oxygen atoms in total. The van der Waals surface area contributed by atoms with Crippen molar-refractivity contribution in [2.45, 2.75) is 33.4 Å². The van der Waals surface area contributed by atoms with Crippen LogP contribution in [0.25, 0.3) is 0 Å². The lowest BCUT2D eigenvalue weighted by molar-refractivity contribution is 0.0162. The minimum Gasteiger partial charge on any atom is -0.490 e. The minimum atomic E-state index is -0.628. The number of nitrogens with one attached hydrogen (secondary N) is 1. The summed E-state index contributed by atoms with van der Waals surface area (Å²) in [5.74, 6) is 1.33. The van der Waals surface area contributed by atoms with Crippen LogP contribution in [0.15, 0.2) is 18.2 Å².